The lowest BCUT2D eigenvalue weighted by Crippen LogP contribution is -2.22. The van der Waals surface area contributed by atoms with Crippen LogP contribution < -0.4 is 0 Å². The molecule has 1 aliphatic heterocycles. The van der Waals surface area contributed by atoms with Gasteiger partial charge in [0.1, 0.15) is 0 Å². The molecular weight excluding hydrogens is 252 g/mol. The molecule has 4 heteroatoms. The topological polar surface area (TPSA) is 40.9 Å². The minimum absolute atomic E-state index is 0.210. The fourth-order valence-corrected chi connectivity index (χ4v) is 2.07. The Labute approximate surface area is 80.6 Å². The van der Waals surface area contributed by atoms with Gasteiger partial charge in [-0.2, -0.15) is 0 Å². The lowest BCUT2D eigenvalue weighted by molar-refractivity contribution is -0.113. The van der Waals surface area contributed by atoms with E-state index in [2.05, 4.69) is 5.97 Å². The van der Waals surface area contributed by atoms with Crippen LogP contribution >= 0.6 is 22.6 Å². The minimum atomic E-state index is 0.210. The highest BCUT2D eigenvalue weighted by Gasteiger charge is 2.26. The summed E-state index contributed by atoms with van der Waals surface area (Å²) in [5.41, 5.74) is 0. The van der Waals surface area contributed by atoms with Crippen molar-refractivity contribution in [3.63, 3.8) is 0 Å². The Hall–Kier alpha value is -0.0451. The van der Waals surface area contributed by atoms with Crippen LogP contribution in [0.5, 0.6) is 0 Å². The summed E-state index contributed by atoms with van der Waals surface area (Å²) in [6.07, 6.45) is 3.66. The standard InChI is InChI=1S/C7H9BINO/c9-7(11)6-1-3-8(5-10)4-2-6/h6H,1-4H2. The van der Waals surface area contributed by atoms with E-state index in [9.17, 15) is 4.79 Å². The highest BCUT2D eigenvalue weighted by molar-refractivity contribution is 14.1. The molecule has 0 saturated carbocycles. The Morgan fingerprint density at radius 2 is 2.09 bits per heavy atom. The van der Waals surface area contributed by atoms with Gasteiger partial charge in [0.15, 0.2) is 3.79 Å². The second-order valence-corrected chi connectivity index (χ2v) is 4.04. The Bertz CT molecular complexity index is 193. The summed E-state index contributed by atoms with van der Waals surface area (Å²) in [6.45, 7) is 0.210. The van der Waals surface area contributed by atoms with Crippen LogP contribution in [0.3, 0.4) is 0 Å². The van der Waals surface area contributed by atoms with Crippen LogP contribution in [0.2, 0.25) is 12.6 Å². The molecule has 0 aromatic rings. The first-order chi connectivity index (χ1) is 5.24. The van der Waals surface area contributed by atoms with E-state index < -0.39 is 0 Å². The third kappa shape index (κ3) is 2.47. The first-order valence-corrected chi connectivity index (χ1v) is 4.91. The van der Waals surface area contributed by atoms with Crippen molar-refractivity contribution in [2.24, 2.45) is 5.92 Å². The zero-order chi connectivity index (χ0) is 8.27. The number of carbonyl (C=O) groups is 1. The second-order valence-electron chi connectivity index (χ2n) is 2.98. The van der Waals surface area contributed by atoms with Crippen molar-refractivity contribution in [2.75, 3.05) is 0 Å². The molecular formula is C7H9BINO. The van der Waals surface area contributed by atoms with E-state index in [1.165, 1.54) is 0 Å². The zero-order valence-corrected chi connectivity index (χ0v) is 8.37. The summed E-state index contributed by atoms with van der Waals surface area (Å²) in [4.78, 5) is 10.9. The molecule has 58 valence electrons. The van der Waals surface area contributed by atoms with E-state index in [1.54, 1.807) is 0 Å². The highest BCUT2D eigenvalue weighted by Crippen LogP contribution is 2.27. The van der Waals surface area contributed by atoms with E-state index in [0.29, 0.717) is 0 Å². The smallest absolute Gasteiger partial charge is 0.267 e. The van der Waals surface area contributed by atoms with Crippen LogP contribution in [0.15, 0.2) is 0 Å². The quantitative estimate of drug-likeness (QED) is 0.411. The van der Waals surface area contributed by atoms with Crippen molar-refractivity contribution < 1.29 is 4.79 Å². The molecule has 0 amide bonds. The SMILES string of the molecule is N#CB1CCC(C(=O)I)CC1. The Balaban J connectivity index is 2.37. The van der Waals surface area contributed by atoms with Crippen LogP contribution in [-0.2, 0) is 4.79 Å². The van der Waals surface area contributed by atoms with Gasteiger partial charge >= 0.3 is 0 Å². The van der Waals surface area contributed by atoms with Gasteiger partial charge in [-0.05, 0) is 35.4 Å². The minimum Gasteiger partial charge on any atom is -0.287 e. The molecule has 0 bridgehead atoms. The number of carbonyl (C=O) groups excluding carboxylic acids is 1. The van der Waals surface area contributed by atoms with E-state index in [0.717, 1.165) is 25.5 Å². The van der Waals surface area contributed by atoms with Gasteiger partial charge in [0.2, 0.25) is 0 Å². The third-order valence-corrected chi connectivity index (χ3v) is 3.11. The number of nitrogens with zero attached hydrogens (tertiary/aromatic N) is 1. The van der Waals surface area contributed by atoms with Gasteiger partial charge < -0.3 is 0 Å². The summed E-state index contributed by atoms with van der Waals surface area (Å²) >= 11 is 1.86. The van der Waals surface area contributed by atoms with Crippen molar-refractivity contribution >= 4 is 33.1 Å². The van der Waals surface area contributed by atoms with Crippen LogP contribution in [0.1, 0.15) is 12.8 Å². The maximum atomic E-state index is 10.9. The molecule has 1 aliphatic rings. The molecule has 0 spiro atoms. The Morgan fingerprint density at radius 1 is 1.55 bits per heavy atom. The summed E-state index contributed by atoms with van der Waals surface area (Å²) < 4.78 is 0.263. The van der Waals surface area contributed by atoms with Crippen LogP contribution in [0, 0.1) is 17.1 Å². The number of hydrogen-bond acceptors (Lipinski definition) is 2. The van der Waals surface area contributed by atoms with Gasteiger partial charge in [0.25, 0.3) is 6.71 Å². The summed E-state index contributed by atoms with van der Waals surface area (Å²) in [5, 5.41) is 8.58. The van der Waals surface area contributed by atoms with Gasteiger partial charge in [-0.15, -0.1) is 0 Å². The Morgan fingerprint density at radius 3 is 2.45 bits per heavy atom. The molecule has 2 nitrogen and oxygen atoms in total. The van der Waals surface area contributed by atoms with Crippen LogP contribution in [-0.4, -0.2) is 10.5 Å². The van der Waals surface area contributed by atoms with Crippen molar-refractivity contribution in [1.29, 1.82) is 5.26 Å². The summed E-state index contributed by atoms with van der Waals surface area (Å²) in [7, 11) is 0. The molecule has 1 heterocycles. The first-order valence-electron chi connectivity index (χ1n) is 3.83. The molecule has 0 aromatic heterocycles. The average Bonchev–Trinajstić information content (AvgIpc) is 2.05. The van der Waals surface area contributed by atoms with Gasteiger partial charge in [0.05, 0.1) is 0 Å². The molecule has 0 unspecified atom stereocenters. The predicted molar refractivity (Wildman–Crippen MR) is 52.7 cm³/mol. The monoisotopic (exact) mass is 261 g/mol. The maximum Gasteiger partial charge on any atom is 0.267 e. The first kappa shape index (κ1) is 9.05. The van der Waals surface area contributed by atoms with Crippen LogP contribution in [0.4, 0.5) is 0 Å². The fourth-order valence-electron chi connectivity index (χ4n) is 1.45. The van der Waals surface area contributed by atoms with E-state index >= 15 is 0 Å². The maximum absolute atomic E-state index is 10.9. The number of halogens is 1. The fraction of sp³-hybridized carbons (Fsp3) is 0.714. The number of nitriles is 1. The summed E-state index contributed by atoms with van der Waals surface area (Å²) in [5.74, 6) is 2.49. The van der Waals surface area contributed by atoms with Gasteiger partial charge in [-0.25, -0.2) is 5.26 Å². The molecule has 1 saturated heterocycles. The molecule has 0 aliphatic carbocycles. The van der Waals surface area contributed by atoms with E-state index in [-0.39, 0.29) is 16.4 Å². The molecule has 1 fully saturated rings. The molecule has 0 radical (unpaired) electrons. The number of hydrogen-bond donors (Lipinski definition) is 0. The third-order valence-electron chi connectivity index (χ3n) is 2.23. The van der Waals surface area contributed by atoms with Crippen molar-refractivity contribution in [1.82, 2.24) is 0 Å². The summed E-state index contributed by atoms with van der Waals surface area (Å²) in [6, 6.07) is 0. The zero-order valence-electron chi connectivity index (χ0n) is 6.22. The highest BCUT2D eigenvalue weighted by atomic mass is 127. The van der Waals surface area contributed by atoms with Gasteiger partial charge in [-0.3, -0.25) is 4.79 Å². The normalized spacial score (nSPS) is 19.5. The van der Waals surface area contributed by atoms with Crippen molar-refractivity contribution in [3.8, 4) is 5.97 Å². The van der Waals surface area contributed by atoms with Crippen LogP contribution in [0.25, 0.3) is 0 Å². The molecule has 11 heavy (non-hydrogen) atoms. The lowest BCUT2D eigenvalue weighted by atomic mass is 9.42. The van der Waals surface area contributed by atoms with Crippen molar-refractivity contribution in [2.45, 2.75) is 25.5 Å². The molecule has 0 N–H and O–H groups in total. The second kappa shape index (κ2) is 4.10. The Kier molecular flexibility index (Phi) is 3.37. The number of rotatable bonds is 1. The largest absolute Gasteiger partial charge is 0.287 e. The van der Waals surface area contributed by atoms with Crippen molar-refractivity contribution in [3.05, 3.63) is 0 Å². The average molecular weight is 261 g/mol. The van der Waals surface area contributed by atoms with E-state index in [1.807, 2.05) is 22.6 Å². The van der Waals surface area contributed by atoms with E-state index in [4.69, 9.17) is 5.26 Å². The molecule has 0 atom stereocenters. The molecule has 0 aromatic carbocycles. The predicted octanol–water partition coefficient (Wildman–Crippen LogP) is 1.92. The van der Waals surface area contributed by atoms with Gasteiger partial charge in [-0.1, -0.05) is 12.6 Å². The molecule has 1 rings (SSSR count). The lowest BCUT2D eigenvalue weighted by Gasteiger charge is -2.19. The van der Waals surface area contributed by atoms with Gasteiger partial charge in [0, 0.05) is 11.9 Å².